The number of Topliss-reactive ketones (excluding diaryl/α,β-unsaturated/α-hetero) is 1. The topological polar surface area (TPSA) is 126 Å². The van der Waals surface area contributed by atoms with Gasteiger partial charge in [-0.25, -0.2) is 13.4 Å². The van der Waals surface area contributed by atoms with E-state index >= 15 is 0 Å². The minimum absolute atomic E-state index is 0.108. The predicted molar refractivity (Wildman–Crippen MR) is 125 cm³/mol. The highest BCUT2D eigenvalue weighted by atomic mass is 32.2. The van der Waals surface area contributed by atoms with Crippen LogP contribution < -0.4 is 10.6 Å². The van der Waals surface area contributed by atoms with Crippen LogP contribution >= 0.6 is 0 Å². The Bertz CT molecular complexity index is 1150. The van der Waals surface area contributed by atoms with Crippen LogP contribution in [-0.2, 0) is 19.6 Å². The number of sulfonamides is 1. The minimum Gasteiger partial charge on any atom is -0.344 e. The van der Waals surface area contributed by atoms with Gasteiger partial charge in [0.25, 0.3) is 5.91 Å². The molecule has 0 bridgehead atoms. The maximum Gasteiger partial charge on any atom is 0.270 e. The Balaban J connectivity index is 1.71. The van der Waals surface area contributed by atoms with Crippen molar-refractivity contribution in [1.29, 1.82) is 0 Å². The number of fused-ring (bicyclic) bond motifs is 1. The highest BCUT2D eigenvalue weighted by molar-refractivity contribution is 7.88. The van der Waals surface area contributed by atoms with E-state index in [0.717, 1.165) is 15.9 Å². The number of carbonyl (C=O) groups excluding carboxylic acids is 3. The smallest absolute Gasteiger partial charge is 0.270 e. The molecule has 10 heteroatoms. The lowest BCUT2D eigenvalue weighted by molar-refractivity contribution is -0.129. The van der Waals surface area contributed by atoms with Crippen molar-refractivity contribution in [2.75, 3.05) is 19.3 Å². The van der Waals surface area contributed by atoms with Gasteiger partial charge >= 0.3 is 0 Å². The Labute approximate surface area is 194 Å². The van der Waals surface area contributed by atoms with Gasteiger partial charge in [-0.1, -0.05) is 38.1 Å². The van der Waals surface area contributed by atoms with Gasteiger partial charge in [0, 0.05) is 11.9 Å². The quantitative estimate of drug-likeness (QED) is 0.626. The average Bonchev–Trinajstić information content (AvgIpc) is 2.94. The third-order valence-electron chi connectivity index (χ3n) is 5.57. The first kappa shape index (κ1) is 24.8. The SMILES string of the molecule is CC(C)CC(NC(=O)c1ccc2ccccc2n1)C(=O)N[C@H]1CCCN(S(C)(=O)=O)CC1=O. The second kappa shape index (κ2) is 10.4. The molecule has 178 valence electrons. The third-order valence-corrected chi connectivity index (χ3v) is 6.82. The summed E-state index contributed by atoms with van der Waals surface area (Å²) in [5.41, 5.74) is 0.874. The molecule has 1 fully saturated rings. The summed E-state index contributed by atoms with van der Waals surface area (Å²) < 4.78 is 24.8. The van der Waals surface area contributed by atoms with Gasteiger partial charge in [0.1, 0.15) is 11.7 Å². The number of hydrogen-bond donors (Lipinski definition) is 2. The lowest BCUT2D eigenvalue weighted by atomic mass is 10.0. The summed E-state index contributed by atoms with van der Waals surface area (Å²) in [6.45, 7) is 3.83. The number of hydrogen-bond acceptors (Lipinski definition) is 6. The highest BCUT2D eigenvalue weighted by Gasteiger charge is 2.32. The second-order valence-electron chi connectivity index (χ2n) is 8.81. The molecule has 2 heterocycles. The number of nitrogens with one attached hydrogen (secondary N) is 2. The second-order valence-corrected chi connectivity index (χ2v) is 10.8. The summed E-state index contributed by atoms with van der Waals surface area (Å²) >= 11 is 0. The summed E-state index contributed by atoms with van der Waals surface area (Å²) in [6, 6.07) is 9.18. The Morgan fingerprint density at radius 1 is 1.18 bits per heavy atom. The summed E-state index contributed by atoms with van der Waals surface area (Å²) in [6.07, 6.45) is 2.23. The molecule has 1 aromatic heterocycles. The molecule has 0 aliphatic carbocycles. The molecule has 2 N–H and O–H groups in total. The first-order valence-corrected chi connectivity index (χ1v) is 12.8. The van der Waals surface area contributed by atoms with Crippen LogP contribution in [0.1, 0.15) is 43.6 Å². The zero-order chi connectivity index (χ0) is 24.2. The van der Waals surface area contributed by atoms with Crippen molar-refractivity contribution in [2.24, 2.45) is 5.92 Å². The van der Waals surface area contributed by atoms with Crippen LogP contribution in [0, 0.1) is 5.92 Å². The number of pyridine rings is 1. The van der Waals surface area contributed by atoms with Crippen LogP contribution in [0.2, 0.25) is 0 Å². The third kappa shape index (κ3) is 6.58. The van der Waals surface area contributed by atoms with E-state index in [1.165, 1.54) is 0 Å². The number of carbonyl (C=O) groups is 3. The van der Waals surface area contributed by atoms with Gasteiger partial charge in [0.05, 0.1) is 24.4 Å². The van der Waals surface area contributed by atoms with Gasteiger partial charge in [-0.05, 0) is 37.3 Å². The Morgan fingerprint density at radius 3 is 2.61 bits per heavy atom. The van der Waals surface area contributed by atoms with Crippen LogP contribution in [0.3, 0.4) is 0 Å². The number of nitrogens with zero attached hydrogens (tertiary/aromatic N) is 2. The van der Waals surface area contributed by atoms with E-state index in [1.807, 2.05) is 38.1 Å². The average molecular weight is 475 g/mol. The van der Waals surface area contributed by atoms with Crippen molar-refractivity contribution in [1.82, 2.24) is 19.9 Å². The molecule has 9 nitrogen and oxygen atoms in total. The van der Waals surface area contributed by atoms with Gasteiger partial charge in [0.15, 0.2) is 5.78 Å². The molecule has 0 spiro atoms. The molecule has 0 saturated carbocycles. The highest BCUT2D eigenvalue weighted by Crippen LogP contribution is 2.14. The van der Waals surface area contributed by atoms with Crippen molar-refractivity contribution in [3.8, 4) is 0 Å². The van der Waals surface area contributed by atoms with E-state index < -0.39 is 33.9 Å². The zero-order valence-electron chi connectivity index (χ0n) is 19.1. The van der Waals surface area contributed by atoms with Crippen LogP contribution in [-0.4, -0.2) is 66.7 Å². The van der Waals surface area contributed by atoms with Crippen molar-refractivity contribution in [3.05, 3.63) is 42.1 Å². The van der Waals surface area contributed by atoms with E-state index in [4.69, 9.17) is 0 Å². The number of aromatic nitrogens is 1. The van der Waals surface area contributed by atoms with Crippen molar-refractivity contribution in [2.45, 2.75) is 45.2 Å². The van der Waals surface area contributed by atoms with Crippen molar-refractivity contribution < 1.29 is 22.8 Å². The van der Waals surface area contributed by atoms with Crippen molar-refractivity contribution in [3.63, 3.8) is 0 Å². The van der Waals surface area contributed by atoms with Crippen LogP contribution in [0.5, 0.6) is 0 Å². The van der Waals surface area contributed by atoms with E-state index in [2.05, 4.69) is 15.6 Å². The number of ketones is 1. The molecule has 1 saturated heterocycles. The maximum atomic E-state index is 13.0. The molecule has 2 amide bonds. The number of amides is 2. The number of para-hydroxylation sites is 1. The number of rotatable bonds is 7. The van der Waals surface area contributed by atoms with Crippen LogP contribution in [0.15, 0.2) is 36.4 Å². The molecule has 1 aliphatic heterocycles. The Hall–Kier alpha value is -2.85. The minimum atomic E-state index is -3.49. The first-order valence-electron chi connectivity index (χ1n) is 11.0. The summed E-state index contributed by atoms with van der Waals surface area (Å²) in [4.78, 5) is 42.9. The molecule has 1 unspecified atom stereocenters. The van der Waals surface area contributed by atoms with Gasteiger partial charge in [-0.2, -0.15) is 4.31 Å². The van der Waals surface area contributed by atoms with E-state index in [0.29, 0.717) is 24.8 Å². The van der Waals surface area contributed by atoms with E-state index in [9.17, 15) is 22.8 Å². The van der Waals surface area contributed by atoms with Crippen molar-refractivity contribution >= 4 is 38.5 Å². The van der Waals surface area contributed by atoms with Crippen LogP contribution in [0.25, 0.3) is 10.9 Å². The molecular weight excluding hydrogens is 444 g/mol. The standard InChI is InChI=1S/C23H30N4O5S/c1-15(2)13-20(26-22(29)19-11-10-16-7-4-5-8-17(16)24-19)23(30)25-18-9-6-12-27(14-21(18)28)33(3,31)32/h4-5,7-8,10-11,15,18,20H,6,9,12-14H2,1-3H3,(H,25,30)(H,26,29)/t18-,20?/m0/s1. The molecule has 0 radical (unpaired) electrons. The molecule has 33 heavy (non-hydrogen) atoms. The molecule has 2 aromatic rings. The molecule has 2 atom stereocenters. The van der Waals surface area contributed by atoms with Gasteiger partial charge in [-0.3, -0.25) is 14.4 Å². The summed E-state index contributed by atoms with van der Waals surface area (Å²) in [5, 5.41) is 6.38. The lowest BCUT2D eigenvalue weighted by Gasteiger charge is -2.23. The molecule has 1 aliphatic rings. The normalized spacial score (nSPS) is 18.7. The lowest BCUT2D eigenvalue weighted by Crippen LogP contribution is -2.52. The first-order chi connectivity index (χ1) is 15.5. The molecule has 1 aromatic carbocycles. The Kier molecular flexibility index (Phi) is 7.80. The van der Waals surface area contributed by atoms with Gasteiger partial charge in [0.2, 0.25) is 15.9 Å². The summed E-state index contributed by atoms with van der Waals surface area (Å²) in [7, 11) is -3.49. The monoisotopic (exact) mass is 474 g/mol. The fourth-order valence-electron chi connectivity index (χ4n) is 3.83. The van der Waals surface area contributed by atoms with E-state index in [-0.39, 0.29) is 30.5 Å². The fourth-order valence-corrected chi connectivity index (χ4v) is 4.65. The van der Waals surface area contributed by atoms with E-state index in [1.54, 1.807) is 12.1 Å². The Morgan fingerprint density at radius 2 is 1.91 bits per heavy atom. The van der Waals surface area contributed by atoms with Crippen LogP contribution in [0.4, 0.5) is 0 Å². The number of benzene rings is 1. The molecular formula is C23H30N4O5S. The fraction of sp³-hybridized carbons (Fsp3) is 0.478. The maximum absolute atomic E-state index is 13.0. The van der Waals surface area contributed by atoms with Gasteiger partial charge < -0.3 is 10.6 Å². The summed E-state index contributed by atoms with van der Waals surface area (Å²) in [5.74, 6) is -1.20. The zero-order valence-corrected chi connectivity index (χ0v) is 19.9. The largest absolute Gasteiger partial charge is 0.344 e. The van der Waals surface area contributed by atoms with Gasteiger partial charge in [-0.15, -0.1) is 0 Å². The molecule has 3 rings (SSSR count). The predicted octanol–water partition coefficient (Wildman–Crippen LogP) is 1.49.